The third-order valence-electron chi connectivity index (χ3n) is 10.2. The number of fused-ring (bicyclic) bond motifs is 5. The Kier molecular flexibility index (Phi) is 8.51. The lowest BCUT2D eigenvalue weighted by molar-refractivity contribution is 1.22. The van der Waals surface area contributed by atoms with Crippen molar-refractivity contribution < 1.29 is 0 Å². The van der Waals surface area contributed by atoms with Crippen molar-refractivity contribution in [3.8, 4) is 22.3 Å². The van der Waals surface area contributed by atoms with Crippen molar-refractivity contribution in [2.75, 3.05) is 4.90 Å². The van der Waals surface area contributed by atoms with Gasteiger partial charge in [0.25, 0.3) is 0 Å². The van der Waals surface area contributed by atoms with Gasteiger partial charge in [0, 0.05) is 37.0 Å². The molecule has 0 unspecified atom stereocenters. The predicted octanol–water partition coefficient (Wildman–Crippen LogP) is 15.0. The van der Waals surface area contributed by atoms with Gasteiger partial charge in [-0.3, -0.25) is 0 Å². The molecule has 252 valence electrons. The molecule has 0 aliphatic carbocycles. The Morgan fingerprint density at radius 3 is 1.83 bits per heavy atom. The summed E-state index contributed by atoms with van der Waals surface area (Å²) in [7, 11) is 0. The van der Waals surface area contributed by atoms with Gasteiger partial charge < -0.3 is 4.90 Å². The maximum atomic E-state index is 4.51. The first-order valence-electron chi connectivity index (χ1n) is 18.1. The van der Waals surface area contributed by atoms with Gasteiger partial charge in [0.2, 0.25) is 0 Å². The predicted molar refractivity (Wildman–Crippen MR) is 232 cm³/mol. The van der Waals surface area contributed by atoms with Crippen LogP contribution in [0.3, 0.4) is 0 Å². The van der Waals surface area contributed by atoms with E-state index in [1.165, 1.54) is 64.0 Å². The van der Waals surface area contributed by atoms with Gasteiger partial charge in [0.15, 0.2) is 0 Å². The van der Waals surface area contributed by atoms with Gasteiger partial charge in [-0.1, -0.05) is 164 Å². The van der Waals surface area contributed by atoms with Crippen molar-refractivity contribution in [2.45, 2.75) is 6.92 Å². The molecule has 1 nitrogen and oxygen atoms in total. The molecule has 2 heteroatoms. The number of allylic oxidation sites excluding steroid dienone is 4. The van der Waals surface area contributed by atoms with Gasteiger partial charge in [-0.25, -0.2) is 0 Å². The molecule has 0 radical (unpaired) electrons. The zero-order valence-electron chi connectivity index (χ0n) is 29.5. The van der Waals surface area contributed by atoms with Crippen molar-refractivity contribution in [3.63, 3.8) is 0 Å². The van der Waals surface area contributed by atoms with E-state index >= 15 is 0 Å². The molecule has 0 saturated carbocycles. The van der Waals surface area contributed by atoms with Crippen LogP contribution in [0.5, 0.6) is 0 Å². The Hall–Kier alpha value is -6.48. The van der Waals surface area contributed by atoms with E-state index < -0.39 is 0 Å². The standard InChI is InChI=1S/C51H37NS/c1-3-16-43(45-27-15-30-50-51(45)46-24-10-12-29-49(46)53-50)47(4-2)52(38-33-31-37(32-34-38)40-25-13-19-35-17-5-7-21-39(35)40)48-28-11-9-23-44(48)42-26-14-20-36-18-6-8-22-41(36)42/h3-34H,2H2,1H3/b16-3-,47-43-. The summed E-state index contributed by atoms with van der Waals surface area (Å²) in [5.41, 5.74) is 10.2. The van der Waals surface area contributed by atoms with Crippen LogP contribution < -0.4 is 4.90 Å². The lowest BCUT2D eigenvalue weighted by Crippen LogP contribution is -2.17. The van der Waals surface area contributed by atoms with E-state index in [9.17, 15) is 0 Å². The number of thiophene rings is 1. The minimum atomic E-state index is 1.01. The molecule has 0 spiro atoms. The molecule has 0 aliphatic rings. The summed E-state index contributed by atoms with van der Waals surface area (Å²) >= 11 is 1.85. The largest absolute Gasteiger partial charge is 0.309 e. The summed E-state index contributed by atoms with van der Waals surface area (Å²) in [6, 6.07) is 63.6. The Morgan fingerprint density at radius 2 is 1.09 bits per heavy atom. The van der Waals surface area contributed by atoms with E-state index in [-0.39, 0.29) is 0 Å². The zero-order valence-corrected chi connectivity index (χ0v) is 30.4. The number of benzene rings is 8. The average molecular weight is 696 g/mol. The summed E-state index contributed by atoms with van der Waals surface area (Å²) in [4.78, 5) is 2.40. The van der Waals surface area contributed by atoms with E-state index in [1.807, 2.05) is 17.4 Å². The Morgan fingerprint density at radius 1 is 0.528 bits per heavy atom. The Bertz CT molecular complexity index is 2860. The topological polar surface area (TPSA) is 3.24 Å². The molecule has 0 fully saturated rings. The first kappa shape index (κ1) is 32.4. The minimum Gasteiger partial charge on any atom is -0.309 e. The maximum absolute atomic E-state index is 4.51. The minimum absolute atomic E-state index is 1.01. The molecular formula is C51H37NS. The van der Waals surface area contributed by atoms with E-state index in [1.54, 1.807) is 0 Å². The van der Waals surface area contributed by atoms with Crippen molar-refractivity contribution >= 4 is 70.0 Å². The van der Waals surface area contributed by atoms with E-state index in [4.69, 9.17) is 0 Å². The van der Waals surface area contributed by atoms with Crippen LogP contribution >= 0.6 is 11.3 Å². The highest BCUT2D eigenvalue weighted by atomic mass is 32.1. The molecule has 0 aliphatic heterocycles. The van der Waals surface area contributed by atoms with Crippen LogP contribution in [-0.2, 0) is 0 Å². The van der Waals surface area contributed by atoms with Crippen LogP contribution in [0.2, 0.25) is 0 Å². The van der Waals surface area contributed by atoms with E-state index in [2.05, 4.69) is 206 Å². The summed E-state index contributed by atoms with van der Waals surface area (Å²) in [6.07, 6.45) is 6.42. The Balaban J connectivity index is 1.32. The summed E-state index contributed by atoms with van der Waals surface area (Å²) in [5.74, 6) is 0. The van der Waals surface area contributed by atoms with Crippen LogP contribution in [0.1, 0.15) is 12.5 Å². The Labute approximate surface area is 314 Å². The van der Waals surface area contributed by atoms with Gasteiger partial charge in [-0.2, -0.15) is 0 Å². The monoisotopic (exact) mass is 695 g/mol. The zero-order chi connectivity index (χ0) is 35.7. The van der Waals surface area contributed by atoms with Gasteiger partial charge in [-0.15, -0.1) is 11.3 Å². The summed E-state index contributed by atoms with van der Waals surface area (Å²) in [5, 5.41) is 7.48. The number of anilines is 2. The van der Waals surface area contributed by atoms with Gasteiger partial charge >= 0.3 is 0 Å². The lowest BCUT2D eigenvalue weighted by Gasteiger charge is -2.31. The van der Waals surface area contributed by atoms with Crippen molar-refractivity contribution in [3.05, 3.63) is 212 Å². The van der Waals surface area contributed by atoms with E-state index in [0.717, 1.165) is 28.2 Å². The highest BCUT2D eigenvalue weighted by Crippen LogP contribution is 2.45. The molecule has 9 aromatic rings. The number of hydrogen-bond donors (Lipinski definition) is 0. The quantitative estimate of drug-likeness (QED) is 0.143. The highest BCUT2D eigenvalue weighted by Gasteiger charge is 2.23. The number of para-hydroxylation sites is 1. The fraction of sp³-hybridized carbons (Fsp3) is 0.0196. The lowest BCUT2D eigenvalue weighted by atomic mass is 9.93. The number of rotatable bonds is 8. The third-order valence-corrected chi connectivity index (χ3v) is 11.3. The summed E-state index contributed by atoms with van der Waals surface area (Å²) < 4.78 is 2.56. The molecule has 0 atom stereocenters. The van der Waals surface area contributed by atoms with Crippen LogP contribution in [-0.4, -0.2) is 0 Å². The molecule has 9 rings (SSSR count). The fourth-order valence-electron chi connectivity index (χ4n) is 7.83. The average Bonchev–Trinajstić information content (AvgIpc) is 3.61. The molecule has 8 aromatic carbocycles. The molecule has 0 saturated heterocycles. The number of hydrogen-bond acceptors (Lipinski definition) is 2. The van der Waals surface area contributed by atoms with Crippen LogP contribution in [0.15, 0.2) is 206 Å². The first-order valence-corrected chi connectivity index (χ1v) is 18.9. The first-order chi connectivity index (χ1) is 26.2. The molecule has 0 N–H and O–H groups in total. The van der Waals surface area contributed by atoms with Crippen molar-refractivity contribution in [2.24, 2.45) is 0 Å². The van der Waals surface area contributed by atoms with Crippen LogP contribution in [0.4, 0.5) is 11.4 Å². The second-order valence-electron chi connectivity index (χ2n) is 13.2. The van der Waals surface area contributed by atoms with Crippen molar-refractivity contribution in [1.29, 1.82) is 0 Å². The van der Waals surface area contributed by atoms with Crippen molar-refractivity contribution in [1.82, 2.24) is 0 Å². The SMILES string of the molecule is C=C/C(=C(\C=C/C)c1cccc2sc3ccccc3c12)N(c1ccc(-c2cccc3ccccc23)cc1)c1ccccc1-c1cccc2ccccc12. The molecule has 0 amide bonds. The smallest absolute Gasteiger partial charge is 0.0540 e. The fourth-order valence-corrected chi connectivity index (χ4v) is 8.96. The molecule has 53 heavy (non-hydrogen) atoms. The van der Waals surface area contributed by atoms with Crippen LogP contribution in [0.25, 0.3) is 69.5 Å². The van der Waals surface area contributed by atoms with Gasteiger partial charge in [0.1, 0.15) is 0 Å². The molecule has 1 aromatic heterocycles. The third kappa shape index (κ3) is 5.74. The summed E-state index contributed by atoms with van der Waals surface area (Å²) in [6.45, 7) is 6.61. The van der Waals surface area contributed by atoms with E-state index in [0.29, 0.717) is 0 Å². The molecule has 0 bridgehead atoms. The molecule has 1 heterocycles. The number of nitrogens with zero attached hydrogens (tertiary/aromatic N) is 1. The normalized spacial score (nSPS) is 12.2. The van der Waals surface area contributed by atoms with Gasteiger partial charge in [0.05, 0.1) is 11.4 Å². The van der Waals surface area contributed by atoms with Crippen LogP contribution in [0, 0.1) is 0 Å². The second kappa shape index (κ2) is 13.9. The highest BCUT2D eigenvalue weighted by molar-refractivity contribution is 7.25. The van der Waals surface area contributed by atoms with Gasteiger partial charge in [-0.05, 0) is 87.1 Å². The molecular weight excluding hydrogens is 659 g/mol. The second-order valence-corrected chi connectivity index (χ2v) is 14.3. The maximum Gasteiger partial charge on any atom is 0.0540 e.